The molecule has 5 heteroatoms. The standard InChI is InChI=1S/C14H15NO4/c1-9(17)12-8-15(5-2-6-16)13-7-10(14(18)19)3-4-11(12)13/h3-4,7-8,16H,2,5-6H2,1H3,(H,18,19). The molecule has 0 saturated heterocycles. The fourth-order valence-corrected chi connectivity index (χ4v) is 2.13. The number of Topliss-reactive ketones (excluding diaryl/α,β-unsaturated/α-hetero) is 1. The molecule has 2 N–H and O–H groups in total. The minimum absolute atomic E-state index is 0.0493. The van der Waals surface area contributed by atoms with Crippen LogP contribution in [0, 0.1) is 0 Å². The predicted molar refractivity (Wildman–Crippen MR) is 70.6 cm³/mol. The second-order valence-corrected chi connectivity index (χ2v) is 4.41. The third-order valence-electron chi connectivity index (χ3n) is 3.07. The molecule has 5 nitrogen and oxygen atoms in total. The number of carboxylic acids is 1. The quantitative estimate of drug-likeness (QED) is 0.806. The lowest BCUT2D eigenvalue weighted by Crippen LogP contribution is -2.00. The van der Waals surface area contributed by atoms with Crippen molar-refractivity contribution in [1.29, 1.82) is 0 Å². The van der Waals surface area contributed by atoms with Gasteiger partial charge in [0.2, 0.25) is 0 Å². The van der Waals surface area contributed by atoms with Crippen LogP contribution in [0.25, 0.3) is 10.9 Å². The largest absolute Gasteiger partial charge is 0.478 e. The lowest BCUT2D eigenvalue weighted by atomic mass is 10.1. The molecule has 0 aliphatic rings. The summed E-state index contributed by atoms with van der Waals surface area (Å²) in [4.78, 5) is 22.6. The van der Waals surface area contributed by atoms with Crippen molar-refractivity contribution in [1.82, 2.24) is 4.57 Å². The van der Waals surface area contributed by atoms with Gasteiger partial charge in [-0.15, -0.1) is 0 Å². The molecule has 0 saturated carbocycles. The monoisotopic (exact) mass is 261 g/mol. The van der Waals surface area contributed by atoms with E-state index in [1.807, 2.05) is 4.57 Å². The molecular formula is C14H15NO4. The third kappa shape index (κ3) is 2.51. The highest BCUT2D eigenvalue weighted by molar-refractivity contribution is 6.08. The van der Waals surface area contributed by atoms with Gasteiger partial charge in [0.05, 0.1) is 5.56 Å². The van der Waals surface area contributed by atoms with Crippen molar-refractivity contribution in [3.05, 3.63) is 35.5 Å². The van der Waals surface area contributed by atoms with Crippen LogP contribution < -0.4 is 0 Å². The van der Waals surface area contributed by atoms with Crippen molar-refractivity contribution >= 4 is 22.7 Å². The van der Waals surface area contributed by atoms with E-state index in [9.17, 15) is 9.59 Å². The minimum Gasteiger partial charge on any atom is -0.478 e. The van der Waals surface area contributed by atoms with Crippen molar-refractivity contribution < 1.29 is 19.8 Å². The van der Waals surface area contributed by atoms with Crippen LogP contribution in [0.1, 0.15) is 34.1 Å². The number of hydrogen-bond acceptors (Lipinski definition) is 3. The molecule has 0 spiro atoms. The Morgan fingerprint density at radius 2 is 2.05 bits per heavy atom. The molecule has 1 heterocycles. The number of fused-ring (bicyclic) bond motifs is 1. The van der Waals surface area contributed by atoms with Crippen LogP contribution in [0.4, 0.5) is 0 Å². The first-order valence-electron chi connectivity index (χ1n) is 6.02. The zero-order valence-electron chi connectivity index (χ0n) is 10.6. The minimum atomic E-state index is -0.999. The number of rotatable bonds is 5. The smallest absolute Gasteiger partial charge is 0.335 e. The highest BCUT2D eigenvalue weighted by Gasteiger charge is 2.14. The fraction of sp³-hybridized carbons (Fsp3) is 0.286. The van der Waals surface area contributed by atoms with Crippen LogP contribution in [-0.4, -0.2) is 33.1 Å². The van der Waals surface area contributed by atoms with Gasteiger partial charge >= 0.3 is 5.97 Å². The van der Waals surface area contributed by atoms with E-state index in [-0.39, 0.29) is 18.0 Å². The van der Waals surface area contributed by atoms with Crippen LogP contribution in [0.3, 0.4) is 0 Å². The van der Waals surface area contributed by atoms with Crippen molar-refractivity contribution in [3.63, 3.8) is 0 Å². The van der Waals surface area contributed by atoms with Gasteiger partial charge in [0, 0.05) is 35.8 Å². The summed E-state index contributed by atoms with van der Waals surface area (Å²) >= 11 is 0. The Bertz CT molecular complexity index is 642. The SMILES string of the molecule is CC(=O)c1cn(CCCO)c2cc(C(=O)O)ccc12. The molecule has 1 aromatic heterocycles. The average Bonchev–Trinajstić information content (AvgIpc) is 2.74. The van der Waals surface area contributed by atoms with Gasteiger partial charge in [0.25, 0.3) is 0 Å². The maximum atomic E-state index is 11.6. The van der Waals surface area contributed by atoms with Gasteiger partial charge in [-0.1, -0.05) is 6.07 Å². The highest BCUT2D eigenvalue weighted by atomic mass is 16.4. The highest BCUT2D eigenvalue weighted by Crippen LogP contribution is 2.23. The first-order chi connectivity index (χ1) is 9.04. The molecule has 0 atom stereocenters. The molecule has 100 valence electrons. The maximum absolute atomic E-state index is 11.6. The fourth-order valence-electron chi connectivity index (χ4n) is 2.13. The Hall–Kier alpha value is -2.14. The molecule has 0 aliphatic carbocycles. The summed E-state index contributed by atoms with van der Waals surface area (Å²) in [5, 5.41) is 18.6. The molecule has 0 amide bonds. The Kier molecular flexibility index (Phi) is 3.66. The molecular weight excluding hydrogens is 246 g/mol. The van der Waals surface area contributed by atoms with Gasteiger partial charge in [0.1, 0.15) is 0 Å². The number of carbonyl (C=O) groups excluding carboxylic acids is 1. The van der Waals surface area contributed by atoms with E-state index in [4.69, 9.17) is 10.2 Å². The van der Waals surface area contributed by atoms with Crippen molar-refractivity contribution in [3.8, 4) is 0 Å². The summed E-state index contributed by atoms with van der Waals surface area (Å²) in [7, 11) is 0. The summed E-state index contributed by atoms with van der Waals surface area (Å²) in [5.74, 6) is -1.06. The number of aliphatic hydroxyl groups excluding tert-OH is 1. The van der Waals surface area contributed by atoms with E-state index in [1.165, 1.54) is 13.0 Å². The van der Waals surface area contributed by atoms with Gasteiger partial charge in [-0.05, 0) is 25.5 Å². The van der Waals surface area contributed by atoms with E-state index in [0.29, 0.717) is 24.0 Å². The van der Waals surface area contributed by atoms with Gasteiger partial charge in [-0.2, -0.15) is 0 Å². The van der Waals surface area contributed by atoms with Crippen molar-refractivity contribution in [2.24, 2.45) is 0 Å². The molecule has 0 radical (unpaired) electrons. The second kappa shape index (κ2) is 5.24. The van der Waals surface area contributed by atoms with Crippen LogP contribution in [0.5, 0.6) is 0 Å². The summed E-state index contributed by atoms with van der Waals surface area (Å²) in [6, 6.07) is 4.71. The summed E-state index contributed by atoms with van der Waals surface area (Å²) in [6.07, 6.45) is 2.27. The topological polar surface area (TPSA) is 79.5 Å². The van der Waals surface area contributed by atoms with E-state index in [1.54, 1.807) is 18.3 Å². The van der Waals surface area contributed by atoms with E-state index < -0.39 is 5.97 Å². The van der Waals surface area contributed by atoms with Crippen molar-refractivity contribution in [2.45, 2.75) is 19.9 Å². The molecule has 2 aromatic rings. The third-order valence-corrected chi connectivity index (χ3v) is 3.07. The number of aromatic carboxylic acids is 1. The van der Waals surface area contributed by atoms with Crippen molar-refractivity contribution in [2.75, 3.05) is 6.61 Å². The zero-order valence-corrected chi connectivity index (χ0v) is 10.6. The number of hydrogen-bond donors (Lipinski definition) is 2. The summed E-state index contributed by atoms with van der Waals surface area (Å²) in [5.41, 5.74) is 1.47. The van der Waals surface area contributed by atoms with E-state index in [2.05, 4.69) is 0 Å². The molecule has 2 rings (SSSR count). The number of benzene rings is 1. The molecule has 19 heavy (non-hydrogen) atoms. The molecule has 0 fully saturated rings. The predicted octanol–water partition coefficient (Wildman–Crippen LogP) is 1.92. The summed E-state index contributed by atoms with van der Waals surface area (Å²) < 4.78 is 1.81. The van der Waals surface area contributed by atoms with Crippen LogP contribution >= 0.6 is 0 Å². The maximum Gasteiger partial charge on any atom is 0.335 e. The Morgan fingerprint density at radius 3 is 2.63 bits per heavy atom. The van der Waals surface area contributed by atoms with E-state index >= 15 is 0 Å². The lowest BCUT2D eigenvalue weighted by Gasteiger charge is -2.04. The second-order valence-electron chi connectivity index (χ2n) is 4.41. The Balaban J connectivity index is 2.61. The lowest BCUT2D eigenvalue weighted by molar-refractivity contribution is 0.0696. The first-order valence-corrected chi connectivity index (χ1v) is 6.02. The normalized spacial score (nSPS) is 10.8. The Labute approximate surface area is 110 Å². The van der Waals surface area contributed by atoms with Gasteiger partial charge < -0.3 is 14.8 Å². The number of aromatic nitrogens is 1. The molecule has 1 aromatic carbocycles. The van der Waals surface area contributed by atoms with Crippen LogP contribution in [0.2, 0.25) is 0 Å². The number of carbonyl (C=O) groups is 2. The molecule has 0 aliphatic heterocycles. The van der Waals surface area contributed by atoms with E-state index in [0.717, 1.165) is 5.39 Å². The first kappa shape index (κ1) is 13.3. The van der Waals surface area contributed by atoms with Gasteiger partial charge in [0.15, 0.2) is 5.78 Å². The number of nitrogens with zero attached hydrogens (tertiary/aromatic N) is 1. The summed E-state index contributed by atoms with van der Waals surface area (Å²) in [6.45, 7) is 2.08. The zero-order chi connectivity index (χ0) is 14.0. The number of aryl methyl sites for hydroxylation is 1. The molecule has 0 bridgehead atoms. The van der Waals surface area contributed by atoms with Gasteiger partial charge in [-0.3, -0.25) is 4.79 Å². The van der Waals surface area contributed by atoms with Gasteiger partial charge in [-0.25, -0.2) is 4.79 Å². The van der Waals surface area contributed by atoms with Crippen LogP contribution in [0.15, 0.2) is 24.4 Å². The average molecular weight is 261 g/mol. The number of carboxylic acid groups (broad SMARTS) is 1. The van der Waals surface area contributed by atoms with Crippen LogP contribution in [-0.2, 0) is 6.54 Å². The Morgan fingerprint density at radius 1 is 1.32 bits per heavy atom. The molecule has 0 unspecified atom stereocenters. The number of aliphatic hydroxyl groups is 1. The number of ketones is 1.